The van der Waals surface area contributed by atoms with Gasteiger partial charge in [0.2, 0.25) is 0 Å². The average Bonchev–Trinajstić information content (AvgIpc) is 2.28. The van der Waals surface area contributed by atoms with Gasteiger partial charge in [-0.15, -0.1) is 0 Å². The van der Waals surface area contributed by atoms with E-state index in [4.69, 9.17) is 0 Å². The second kappa shape index (κ2) is 5.14. The molecule has 1 fully saturated rings. The molecule has 1 amide bonds. The molecule has 1 aromatic carbocycles. The Balaban J connectivity index is 2.26. The first-order valence-electron chi connectivity index (χ1n) is 5.44. The fourth-order valence-electron chi connectivity index (χ4n) is 1.86. The van der Waals surface area contributed by atoms with Gasteiger partial charge in [-0.2, -0.15) is 0 Å². The molecule has 96 valence electrons. The predicted molar refractivity (Wildman–Crippen MR) is 64.2 cm³/mol. The van der Waals surface area contributed by atoms with Crippen LogP contribution in [0.4, 0.5) is 8.78 Å². The van der Waals surface area contributed by atoms with Crippen molar-refractivity contribution in [2.24, 2.45) is 0 Å². The van der Waals surface area contributed by atoms with Crippen molar-refractivity contribution >= 4 is 27.6 Å². The van der Waals surface area contributed by atoms with Gasteiger partial charge in [0, 0.05) is 30.4 Å². The highest BCUT2D eigenvalue weighted by Gasteiger charge is 2.26. The van der Waals surface area contributed by atoms with Gasteiger partial charge >= 0.3 is 0 Å². The summed E-state index contributed by atoms with van der Waals surface area (Å²) in [6, 6.07) is 2.09. The molecule has 18 heavy (non-hydrogen) atoms. The lowest BCUT2D eigenvalue weighted by Crippen LogP contribution is -2.39. The molecule has 0 bridgehead atoms. The molecule has 1 saturated heterocycles. The summed E-state index contributed by atoms with van der Waals surface area (Å²) in [5.74, 6) is -2.44. The summed E-state index contributed by atoms with van der Waals surface area (Å²) in [6.45, 7) is 0.430. The topological polar surface area (TPSA) is 37.4 Å². The van der Waals surface area contributed by atoms with Crippen LogP contribution in [0.5, 0.6) is 0 Å². The van der Waals surface area contributed by atoms with Crippen LogP contribution in [0.25, 0.3) is 0 Å². The Morgan fingerprint density at radius 3 is 2.17 bits per heavy atom. The van der Waals surface area contributed by atoms with Crippen LogP contribution in [0.1, 0.15) is 23.2 Å². The Kier molecular flexibility index (Phi) is 3.75. The molecule has 1 heterocycles. The normalized spacial score (nSPS) is 15.9. The summed E-state index contributed by atoms with van der Waals surface area (Å²) in [5.41, 5.74) is -0.562. The zero-order valence-corrected chi connectivity index (χ0v) is 11.0. The number of amides is 1. The molecule has 0 spiro atoms. The highest BCUT2D eigenvalue weighted by molar-refractivity contribution is 9.10. The zero-order valence-electron chi connectivity index (χ0n) is 9.38. The molecule has 2 rings (SSSR count). The minimum Gasteiger partial charge on any atom is -0.338 e. The van der Waals surface area contributed by atoms with Gasteiger partial charge in [-0.25, -0.2) is 8.78 Å². The number of hydrogen-bond acceptors (Lipinski definition) is 2. The Hall–Kier alpha value is -1.30. The number of benzene rings is 1. The third kappa shape index (κ3) is 2.58. The first-order chi connectivity index (χ1) is 8.49. The Morgan fingerprint density at radius 2 is 1.67 bits per heavy atom. The quantitative estimate of drug-likeness (QED) is 0.798. The number of piperidine rings is 1. The lowest BCUT2D eigenvalue weighted by atomic mass is 10.1. The lowest BCUT2D eigenvalue weighted by Gasteiger charge is -2.26. The summed E-state index contributed by atoms with van der Waals surface area (Å²) in [7, 11) is 0. The largest absolute Gasteiger partial charge is 0.338 e. The summed E-state index contributed by atoms with van der Waals surface area (Å²) < 4.78 is 27.5. The molecule has 0 N–H and O–H groups in total. The van der Waals surface area contributed by atoms with Crippen molar-refractivity contribution in [3.8, 4) is 0 Å². The van der Waals surface area contributed by atoms with Crippen molar-refractivity contribution in [2.75, 3.05) is 13.1 Å². The SMILES string of the molecule is O=C1CCN(C(=O)c2c(F)cc(Br)cc2F)CC1. The van der Waals surface area contributed by atoms with Crippen molar-refractivity contribution in [2.45, 2.75) is 12.8 Å². The van der Waals surface area contributed by atoms with Gasteiger partial charge in [-0.1, -0.05) is 15.9 Å². The molecule has 3 nitrogen and oxygen atoms in total. The number of hydrogen-bond donors (Lipinski definition) is 0. The van der Waals surface area contributed by atoms with Crippen molar-refractivity contribution in [1.29, 1.82) is 0 Å². The molecule has 0 atom stereocenters. The Bertz CT molecular complexity index is 486. The summed E-state index contributed by atoms with van der Waals surface area (Å²) in [4.78, 5) is 24.3. The standard InChI is InChI=1S/C12H10BrF2NO2/c13-7-5-9(14)11(10(15)6-7)12(18)16-3-1-8(17)2-4-16/h5-6H,1-4H2. The van der Waals surface area contributed by atoms with E-state index >= 15 is 0 Å². The molecule has 0 aromatic heterocycles. The monoisotopic (exact) mass is 317 g/mol. The van der Waals surface area contributed by atoms with Crippen molar-refractivity contribution in [1.82, 2.24) is 4.90 Å². The van der Waals surface area contributed by atoms with Gasteiger partial charge in [0.1, 0.15) is 23.0 Å². The number of likely N-dealkylation sites (tertiary alicyclic amines) is 1. The number of carbonyl (C=O) groups excluding carboxylic acids is 2. The van der Waals surface area contributed by atoms with Gasteiger partial charge in [-0.3, -0.25) is 9.59 Å². The number of rotatable bonds is 1. The van der Waals surface area contributed by atoms with Gasteiger partial charge in [0.25, 0.3) is 5.91 Å². The molecule has 1 aliphatic heterocycles. The lowest BCUT2D eigenvalue weighted by molar-refractivity contribution is -0.120. The minimum atomic E-state index is -0.899. The molecular weight excluding hydrogens is 308 g/mol. The van der Waals surface area contributed by atoms with E-state index < -0.39 is 23.1 Å². The van der Waals surface area contributed by atoms with Crippen LogP contribution >= 0.6 is 15.9 Å². The van der Waals surface area contributed by atoms with Crippen LogP contribution in [0, 0.1) is 11.6 Å². The van der Waals surface area contributed by atoms with E-state index in [1.54, 1.807) is 0 Å². The van der Waals surface area contributed by atoms with E-state index in [0.29, 0.717) is 0 Å². The van der Waals surface area contributed by atoms with E-state index in [1.807, 2.05) is 0 Å². The van der Waals surface area contributed by atoms with Crippen LogP contribution in [0.2, 0.25) is 0 Å². The summed E-state index contributed by atoms with van der Waals surface area (Å²) in [6.07, 6.45) is 0.483. The number of halogens is 3. The van der Waals surface area contributed by atoms with Crippen LogP contribution in [-0.4, -0.2) is 29.7 Å². The second-order valence-corrected chi connectivity index (χ2v) is 4.99. The summed E-state index contributed by atoms with van der Waals surface area (Å²) >= 11 is 2.95. The van der Waals surface area contributed by atoms with E-state index in [-0.39, 0.29) is 36.2 Å². The molecular formula is C12H10BrF2NO2. The highest BCUT2D eigenvalue weighted by atomic mass is 79.9. The third-order valence-corrected chi connectivity index (χ3v) is 3.29. The van der Waals surface area contributed by atoms with E-state index in [9.17, 15) is 18.4 Å². The molecule has 0 unspecified atom stereocenters. The van der Waals surface area contributed by atoms with Crippen LogP contribution in [-0.2, 0) is 4.79 Å². The van der Waals surface area contributed by atoms with Crippen LogP contribution < -0.4 is 0 Å². The number of carbonyl (C=O) groups is 2. The summed E-state index contributed by atoms with van der Waals surface area (Å²) in [5, 5.41) is 0. The van der Waals surface area contributed by atoms with Crippen LogP contribution in [0.15, 0.2) is 16.6 Å². The predicted octanol–water partition coefficient (Wildman–Crippen LogP) is 2.53. The van der Waals surface area contributed by atoms with E-state index in [2.05, 4.69) is 15.9 Å². The number of Topliss-reactive ketones (excluding diaryl/α,β-unsaturated/α-hetero) is 1. The van der Waals surface area contributed by atoms with Gasteiger partial charge in [0.05, 0.1) is 0 Å². The van der Waals surface area contributed by atoms with Crippen molar-refractivity contribution in [3.63, 3.8) is 0 Å². The van der Waals surface area contributed by atoms with Crippen LogP contribution in [0.3, 0.4) is 0 Å². The number of nitrogens with zero attached hydrogens (tertiary/aromatic N) is 1. The molecule has 0 saturated carbocycles. The van der Waals surface area contributed by atoms with Gasteiger partial charge in [-0.05, 0) is 12.1 Å². The van der Waals surface area contributed by atoms with Gasteiger partial charge < -0.3 is 4.90 Å². The zero-order chi connectivity index (χ0) is 13.3. The van der Waals surface area contributed by atoms with Gasteiger partial charge in [0.15, 0.2) is 0 Å². The number of ketones is 1. The van der Waals surface area contributed by atoms with Crippen molar-refractivity contribution in [3.05, 3.63) is 33.8 Å². The molecule has 0 radical (unpaired) electrons. The van der Waals surface area contributed by atoms with E-state index in [1.165, 1.54) is 4.90 Å². The second-order valence-electron chi connectivity index (χ2n) is 4.08. The first-order valence-corrected chi connectivity index (χ1v) is 6.24. The maximum atomic E-state index is 13.6. The molecule has 6 heteroatoms. The minimum absolute atomic E-state index is 0.0656. The third-order valence-electron chi connectivity index (χ3n) is 2.83. The molecule has 0 aliphatic carbocycles. The Morgan fingerprint density at radius 1 is 1.17 bits per heavy atom. The fourth-order valence-corrected chi connectivity index (χ4v) is 2.27. The average molecular weight is 318 g/mol. The smallest absolute Gasteiger partial charge is 0.259 e. The first kappa shape index (κ1) is 13.1. The maximum Gasteiger partial charge on any atom is 0.259 e. The Labute approximate surface area is 111 Å². The fraction of sp³-hybridized carbons (Fsp3) is 0.333. The molecule has 1 aromatic rings. The van der Waals surface area contributed by atoms with E-state index in [0.717, 1.165) is 12.1 Å². The maximum absolute atomic E-state index is 13.6. The highest BCUT2D eigenvalue weighted by Crippen LogP contribution is 2.22. The van der Waals surface area contributed by atoms with Crippen molar-refractivity contribution < 1.29 is 18.4 Å². The molecule has 1 aliphatic rings.